The van der Waals surface area contributed by atoms with E-state index >= 15 is 0 Å². The van der Waals surface area contributed by atoms with Crippen molar-refractivity contribution >= 4 is 11.7 Å². The van der Waals surface area contributed by atoms with Gasteiger partial charge < -0.3 is 9.57 Å². The number of methoxy groups -OCH3 is 1. The fraction of sp³-hybridized carbons (Fsp3) is 0.867. The molecule has 4 atom stereocenters. The van der Waals surface area contributed by atoms with Gasteiger partial charge in [-0.05, 0) is 38.0 Å². The van der Waals surface area contributed by atoms with Crippen LogP contribution in [0.1, 0.15) is 46.0 Å². The molecule has 19 heavy (non-hydrogen) atoms. The number of fused-ring (bicyclic) bond motifs is 2. The lowest BCUT2D eigenvalue weighted by molar-refractivity contribution is -0.159. The molecule has 2 bridgehead atoms. The Morgan fingerprint density at radius 1 is 1.37 bits per heavy atom. The summed E-state index contributed by atoms with van der Waals surface area (Å²) in [7, 11) is 3.11. The molecule has 0 aromatic rings. The molecule has 0 aromatic carbocycles. The second-order valence-electron chi connectivity index (χ2n) is 6.23. The van der Waals surface area contributed by atoms with Crippen LogP contribution in [0.2, 0.25) is 0 Å². The van der Waals surface area contributed by atoms with Gasteiger partial charge in [0.2, 0.25) is 0 Å². The van der Waals surface area contributed by atoms with Crippen molar-refractivity contribution in [3.63, 3.8) is 0 Å². The van der Waals surface area contributed by atoms with Gasteiger partial charge in [-0.25, -0.2) is 0 Å². The molecule has 0 aliphatic heterocycles. The third kappa shape index (κ3) is 2.49. The maximum Gasteiger partial charge on any atom is 0.311 e. The van der Waals surface area contributed by atoms with Crippen molar-refractivity contribution in [2.45, 2.75) is 46.0 Å². The molecule has 2 rings (SSSR count). The monoisotopic (exact) mass is 267 g/mol. The second-order valence-corrected chi connectivity index (χ2v) is 6.23. The average molecular weight is 267 g/mol. The van der Waals surface area contributed by atoms with Crippen LogP contribution in [0.4, 0.5) is 0 Å². The molecular weight excluding hydrogens is 242 g/mol. The Kier molecular flexibility index (Phi) is 4.16. The van der Waals surface area contributed by atoms with Crippen LogP contribution < -0.4 is 0 Å². The fourth-order valence-electron chi connectivity index (χ4n) is 4.25. The number of nitrogens with zero attached hydrogens (tertiary/aromatic N) is 1. The summed E-state index contributed by atoms with van der Waals surface area (Å²) in [5.74, 6) is 1.24. The van der Waals surface area contributed by atoms with Crippen LogP contribution >= 0.6 is 0 Å². The zero-order chi connectivity index (χ0) is 14.0. The maximum absolute atomic E-state index is 12.3. The Labute approximate surface area is 115 Å². The molecule has 0 radical (unpaired) electrons. The van der Waals surface area contributed by atoms with E-state index in [0.29, 0.717) is 17.8 Å². The fourth-order valence-corrected chi connectivity index (χ4v) is 4.25. The number of esters is 1. The van der Waals surface area contributed by atoms with E-state index in [1.54, 1.807) is 7.11 Å². The Morgan fingerprint density at radius 3 is 2.68 bits per heavy atom. The van der Waals surface area contributed by atoms with Gasteiger partial charge in [0.05, 0.1) is 18.2 Å². The molecule has 0 aromatic heterocycles. The smallest absolute Gasteiger partial charge is 0.311 e. The first-order valence-corrected chi connectivity index (χ1v) is 7.25. The van der Waals surface area contributed by atoms with Gasteiger partial charge in [-0.3, -0.25) is 4.79 Å². The van der Waals surface area contributed by atoms with Gasteiger partial charge in [0.15, 0.2) is 0 Å². The minimum absolute atomic E-state index is 0.0287. The molecule has 2 aliphatic rings. The normalized spacial score (nSPS) is 40.0. The van der Waals surface area contributed by atoms with Gasteiger partial charge in [0.25, 0.3) is 0 Å². The first kappa shape index (κ1) is 14.4. The summed E-state index contributed by atoms with van der Waals surface area (Å²) in [6.45, 7) is 4.38. The molecule has 2 fully saturated rings. The van der Waals surface area contributed by atoms with Crippen LogP contribution in [0.3, 0.4) is 0 Å². The van der Waals surface area contributed by atoms with Crippen molar-refractivity contribution in [1.29, 1.82) is 0 Å². The molecular formula is C15H25NO3. The van der Waals surface area contributed by atoms with E-state index in [2.05, 4.69) is 19.0 Å². The zero-order valence-corrected chi connectivity index (χ0v) is 12.4. The van der Waals surface area contributed by atoms with Gasteiger partial charge >= 0.3 is 5.97 Å². The molecule has 2 saturated carbocycles. The number of carbonyl (C=O) groups excluding carboxylic acids is 1. The Bertz CT molecular complexity index is 380. The lowest BCUT2D eigenvalue weighted by Gasteiger charge is -2.48. The van der Waals surface area contributed by atoms with Crippen LogP contribution in [0, 0.1) is 23.2 Å². The zero-order valence-electron chi connectivity index (χ0n) is 12.4. The summed E-state index contributed by atoms with van der Waals surface area (Å²) < 4.78 is 5.09. The van der Waals surface area contributed by atoms with Crippen LogP contribution in [0.15, 0.2) is 5.16 Å². The molecule has 0 heterocycles. The van der Waals surface area contributed by atoms with E-state index in [1.807, 2.05) is 0 Å². The molecule has 0 N–H and O–H groups in total. The number of rotatable bonds is 3. The van der Waals surface area contributed by atoms with Crippen LogP contribution in [0.5, 0.6) is 0 Å². The number of hydrogen-bond acceptors (Lipinski definition) is 4. The van der Waals surface area contributed by atoms with E-state index in [-0.39, 0.29) is 11.4 Å². The quantitative estimate of drug-likeness (QED) is 0.583. The van der Waals surface area contributed by atoms with Gasteiger partial charge in [-0.1, -0.05) is 19.0 Å². The molecule has 0 amide bonds. The van der Waals surface area contributed by atoms with Crippen molar-refractivity contribution in [3.05, 3.63) is 0 Å². The van der Waals surface area contributed by atoms with Crippen LogP contribution in [-0.2, 0) is 14.4 Å². The van der Waals surface area contributed by atoms with Gasteiger partial charge in [0.1, 0.15) is 7.11 Å². The Morgan fingerprint density at radius 2 is 2.11 bits per heavy atom. The van der Waals surface area contributed by atoms with E-state index in [4.69, 9.17) is 9.57 Å². The highest BCUT2D eigenvalue weighted by Crippen LogP contribution is 2.53. The van der Waals surface area contributed by atoms with E-state index in [1.165, 1.54) is 7.11 Å². The third-order valence-corrected chi connectivity index (χ3v) is 4.84. The summed E-state index contributed by atoms with van der Waals surface area (Å²) in [6.07, 6.45) is 4.80. The average Bonchev–Trinajstić information content (AvgIpc) is 2.40. The summed E-state index contributed by atoms with van der Waals surface area (Å²) in [5, 5.41) is 4.27. The number of hydrogen-bond donors (Lipinski definition) is 0. The summed E-state index contributed by atoms with van der Waals surface area (Å²) >= 11 is 0. The lowest BCUT2D eigenvalue weighted by Crippen LogP contribution is -2.49. The summed E-state index contributed by atoms with van der Waals surface area (Å²) in [6, 6.07) is 0. The maximum atomic E-state index is 12.3. The van der Waals surface area contributed by atoms with Gasteiger partial charge in [-0.2, -0.15) is 0 Å². The van der Waals surface area contributed by atoms with Crippen molar-refractivity contribution < 1.29 is 14.4 Å². The predicted molar refractivity (Wildman–Crippen MR) is 73.8 cm³/mol. The van der Waals surface area contributed by atoms with Gasteiger partial charge in [0, 0.05) is 11.8 Å². The van der Waals surface area contributed by atoms with Crippen molar-refractivity contribution in [2.75, 3.05) is 14.2 Å². The minimum Gasteiger partial charge on any atom is -0.469 e. The first-order chi connectivity index (χ1) is 9.06. The topological polar surface area (TPSA) is 47.9 Å². The number of carbonyl (C=O) groups is 1. The highest BCUT2D eigenvalue weighted by atomic mass is 16.6. The van der Waals surface area contributed by atoms with E-state index in [0.717, 1.165) is 37.8 Å². The molecule has 0 saturated heterocycles. The predicted octanol–water partition coefficient (Wildman–Crippen LogP) is 3.01. The second kappa shape index (κ2) is 5.51. The minimum atomic E-state index is -0.287. The van der Waals surface area contributed by atoms with E-state index < -0.39 is 0 Å². The van der Waals surface area contributed by atoms with Crippen LogP contribution in [-0.4, -0.2) is 25.9 Å². The highest BCUT2D eigenvalue weighted by molar-refractivity contribution is 5.92. The number of ether oxygens (including phenoxy) is 1. The highest BCUT2D eigenvalue weighted by Gasteiger charge is 2.53. The lowest BCUT2D eigenvalue weighted by atomic mass is 9.55. The molecule has 4 nitrogen and oxygen atoms in total. The summed E-state index contributed by atoms with van der Waals surface area (Å²) in [4.78, 5) is 17.3. The molecule has 0 spiro atoms. The number of oxime groups is 1. The third-order valence-electron chi connectivity index (χ3n) is 4.84. The van der Waals surface area contributed by atoms with Crippen molar-refractivity contribution in [1.82, 2.24) is 0 Å². The van der Waals surface area contributed by atoms with E-state index in [9.17, 15) is 4.79 Å². The molecule has 108 valence electrons. The molecule has 2 aliphatic carbocycles. The molecule has 4 unspecified atom stereocenters. The standard InChI is InChI=1S/C15H25NO3/c1-5-11-8-15(14(17)18-3)7-10(2)6-12(9-15)13(11)16-19-4/h10-12H,5-9H2,1-4H3/b16-13-. The van der Waals surface area contributed by atoms with Crippen molar-refractivity contribution in [2.24, 2.45) is 28.3 Å². The molecule has 4 heteroatoms. The van der Waals surface area contributed by atoms with Crippen LogP contribution in [0.25, 0.3) is 0 Å². The largest absolute Gasteiger partial charge is 0.469 e. The SMILES string of the molecule is CCC1CC2(C(=O)OC)CC(C)CC(C2)/C1=N\OC. The Balaban J connectivity index is 2.34. The van der Waals surface area contributed by atoms with Gasteiger partial charge in [-0.15, -0.1) is 0 Å². The first-order valence-electron chi connectivity index (χ1n) is 7.25. The van der Waals surface area contributed by atoms with Crippen molar-refractivity contribution in [3.8, 4) is 0 Å². The Hall–Kier alpha value is -1.06. The summed E-state index contributed by atoms with van der Waals surface area (Å²) in [5.41, 5.74) is 0.876.